The minimum absolute atomic E-state index is 0.111. The SMILES string of the molecule is COc1c(Cl)cc(Cl)cc1C(=O)N1CC[C@@]2(CO)CCCN(C)[C@@H]2C1. The average Bonchev–Trinajstić information content (AvgIpc) is 2.60. The van der Waals surface area contributed by atoms with E-state index in [1.54, 1.807) is 12.1 Å². The number of benzene rings is 1. The highest BCUT2D eigenvalue weighted by Gasteiger charge is 2.47. The van der Waals surface area contributed by atoms with Crippen molar-refractivity contribution in [2.75, 3.05) is 40.4 Å². The monoisotopic (exact) mass is 386 g/mol. The van der Waals surface area contributed by atoms with E-state index in [-0.39, 0.29) is 24.0 Å². The van der Waals surface area contributed by atoms with Crippen LogP contribution in [0.25, 0.3) is 0 Å². The van der Waals surface area contributed by atoms with Gasteiger partial charge in [-0.3, -0.25) is 4.79 Å². The van der Waals surface area contributed by atoms with Gasteiger partial charge in [-0.05, 0) is 45.0 Å². The molecule has 0 saturated carbocycles. The van der Waals surface area contributed by atoms with Crippen LogP contribution in [0, 0.1) is 5.41 Å². The molecule has 2 aliphatic rings. The highest BCUT2D eigenvalue weighted by atomic mass is 35.5. The summed E-state index contributed by atoms with van der Waals surface area (Å²) in [5, 5.41) is 10.7. The molecule has 0 aliphatic carbocycles. The van der Waals surface area contributed by atoms with Gasteiger partial charge in [-0.1, -0.05) is 23.2 Å². The standard InChI is InChI=1S/C18H24Cl2N2O3/c1-21-6-3-4-18(11-23)5-7-22(10-15(18)21)17(24)13-8-12(19)9-14(20)16(13)25-2/h8-9,15,23H,3-7,10-11H2,1-2H3/t15-,18-/m1/s1. The Morgan fingerprint density at radius 1 is 1.36 bits per heavy atom. The quantitative estimate of drug-likeness (QED) is 0.867. The molecule has 1 aromatic rings. The van der Waals surface area contributed by atoms with E-state index >= 15 is 0 Å². The summed E-state index contributed by atoms with van der Waals surface area (Å²) in [7, 11) is 3.56. The summed E-state index contributed by atoms with van der Waals surface area (Å²) >= 11 is 12.3. The minimum Gasteiger partial charge on any atom is -0.494 e. The number of piperidine rings is 2. The Kier molecular flexibility index (Phi) is 5.49. The van der Waals surface area contributed by atoms with Crippen LogP contribution < -0.4 is 4.74 Å². The lowest BCUT2D eigenvalue weighted by molar-refractivity contribution is -0.0601. The zero-order valence-electron chi connectivity index (χ0n) is 14.6. The van der Waals surface area contributed by atoms with Crippen molar-refractivity contribution in [1.29, 1.82) is 0 Å². The number of aliphatic hydroxyl groups excluding tert-OH is 1. The lowest BCUT2D eigenvalue weighted by Crippen LogP contribution is -2.62. The van der Waals surface area contributed by atoms with Crippen molar-refractivity contribution >= 4 is 29.1 Å². The lowest BCUT2D eigenvalue weighted by atomic mass is 9.69. The molecule has 25 heavy (non-hydrogen) atoms. The van der Waals surface area contributed by atoms with Gasteiger partial charge in [-0.15, -0.1) is 0 Å². The van der Waals surface area contributed by atoms with Crippen LogP contribution in [-0.2, 0) is 0 Å². The number of methoxy groups -OCH3 is 1. The second-order valence-corrected chi connectivity index (χ2v) is 7.93. The van der Waals surface area contributed by atoms with Gasteiger partial charge in [0.2, 0.25) is 0 Å². The molecule has 1 N–H and O–H groups in total. The minimum atomic E-state index is -0.133. The zero-order valence-corrected chi connectivity index (χ0v) is 16.1. The fourth-order valence-corrected chi connectivity index (χ4v) is 4.87. The van der Waals surface area contributed by atoms with Crippen LogP contribution in [0.15, 0.2) is 12.1 Å². The third-order valence-electron chi connectivity index (χ3n) is 5.74. The van der Waals surface area contributed by atoms with Gasteiger partial charge in [0.1, 0.15) is 5.75 Å². The number of aliphatic hydroxyl groups is 1. The van der Waals surface area contributed by atoms with E-state index in [1.165, 1.54) is 7.11 Å². The number of carbonyl (C=O) groups is 1. The summed E-state index contributed by atoms with van der Waals surface area (Å²) in [6.07, 6.45) is 2.88. The molecule has 2 heterocycles. The molecule has 5 nitrogen and oxygen atoms in total. The molecule has 0 spiro atoms. The van der Waals surface area contributed by atoms with E-state index in [0.29, 0.717) is 34.4 Å². The van der Waals surface area contributed by atoms with Gasteiger partial charge in [0, 0.05) is 29.6 Å². The van der Waals surface area contributed by atoms with Crippen molar-refractivity contribution in [2.24, 2.45) is 5.41 Å². The van der Waals surface area contributed by atoms with Gasteiger partial charge in [0.15, 0.2) is 0 Å². The van der Waals surface area contributed by atoms with Gasteiger partial charge >= 0.3 is 0 Å². The smallest absolute Gasteiger partial charge is 0.257 e. The molecule has 2 atom stereocenters. The Morgan fingerprint density at radius 2 is 2.12 bits per heavy atom. The summed E-state index contributed by atoms with van der Waals surface area (Å²) in [5.41, 5.74) is 0.273. The Morgan fingerprint density at radius 3 is 2.80 bits per heavy atom. The molecular formula is C18H24Cl2N2O3. The molecule has 1 amide bonds. The molecule has 1 aromatic carbocycles. The average molecular weight is 387 g/mol. The summed E-state index contributed by atoms with van der Waals surface area (Å²) in [6.45, 7) is 2.34. The zero-order chi connectivity index (χ0) is 18.2. The highest BCUT2D eigenvalue weighted by Crippen LogP contribution is 2.42. The van der Waals surface area contributed by atoms with Crippen molar-refractivity contribution < 1.29 is 14.6 Å². The number of likely N-dealkylation sites (N-methyl/N-ethyl adjacent to an activating group) is 1. The summed E-state index contributed by atoms with van der Waals surface area (Å²) < 4.78 is 5.32. The topological polar surface area (TPSA) is 53.0 Å². The van der Waals surface area contributed by atoms with E-state index in [2.05, 4.69) is 11.9 Å². The van der Waals surface area contributed by atoms with Gasteiger partial charge in [0.25, 0.3) is 5.91 Å². The van der Waals surface area contributed by atoms with Crippen LogP contribution in [0.3, 0.4) is 0 Å². The molecule has 0 radical (unpaired) electrons. The normalized spacial score (nSPS) is 27.1. The summed E-state index contributed by atoms with van der Waals surface area (Å²) in [6, 6.07) is 3.33. The number of halogens is 2. The number of rotatable bonds is 3. The van der Waals surface area contributed by atoms with Crippen LogP contribution in [0.2, 0.25) is 10.0 Å². The van der Waals surface area contributed by atoms with Crippen LogP contribution in [0.1, 0.15) is 29.6 Å². The molecule has 2 aliphatic heterocycles. The second-order valence-electron chi connectivity index (χ2n) is 7.09. The molecule has 2 saturated heterocycles. The molecule has 2 fully saturated rings. The lowest BCUT2D eigenvalue weighted by Gasteiger charge is -2.53. The summed E-state index contributed by atoms with van der Waals surface area (Å²) in [5.74, 6) is 0.221. The predicted molar refractivity (Wildman–Crippen MR) is 98.7 cm³/mol. The molecule has 0 unspecified atom stereocenters. The first kappa shape index (κ1) is 18.8. The fraction of sp³-hybridized carbons (Fsp3) is 0.611. The summed E-state index contributed by atoms with van der Waals surface area (Å²) in [4.78, 5) is 17.2. The van der Waals surface area contributed by atoms with E-state index in [1.807, 2.05) is 4.90 Å². The third kappa shape index (κ3) is 3.35. The van der Waals surface area contributed by atoms with Crippen LogP contribution >= 0.6 is 23.2 Å². The molecule has 7 heteroatoms. The molecule has 3 rings (SSSR count). The number of amides is 1. The second kappa shape index (κ2) is 7.31. The maximum Gasteiger partial charge on any atom is 0.257 e. The fourth-order valence-electron chi connectivity index (χ4n) is 4.30. The van der Waals surface area contributed by atoms with E-state index in [0.717, 1.165) is 25.8 Å². The van der Waals surface area contributed by atoms with Gasteiger partial charge in [0.05, 0.1) is 24.3 Å². The number of fused-ring (bicyclic) bond motifs is 1. The number of likely N-dealkylation sites (tertiary alicyclic amines) is 2. The van der Waals surface area contributed by atoms with Crippen LogP contribution in [0.4, 0.5) is 0 Å². The van der Waals surface area contributed by atoms with Crippen molar-refractivity contribution in [3.63, 3.8) is 0 Å². The first-order chi connectivity index (χ1) is 11.9. The van der Waals surface area contributed by atoms with Crippen molar-refractivity contribution in [1.82, 2.24) is 9.80 Å². The Hall–Kier alpha value is -1.01. The van der Waals surface area contributed by atoms with Gasteiger partial charge < -0.3 is 19.6 Å². The molecular weight excluding hydrogens is 363 g/mol. The van der Waals surface area contributed by atoms with Crippen LogP contribution in [-0.4, -0.2) is 67.3 Å². The first-order valence-corrected chi connectivity index (χ1v) is 9.31. The maximum atomic E-state index is 13.1. The van der Waals surface area contributed by atoms with E-state index < -0.39 is 0 Å². The predicted octanol–water partition coefficient (Wildman–Crippen LogP) is 2.92. The van der Waals surface area contributed by atoms with Gasteiger partial charge in [-0.2, -0.15) is 0 Å². The third-order valence-corrected chi connectivity index (χ3v) is 6.24. The van der Waals surface area contributed by atoms with Crippen molar-refractivity contribution in [2.45, 2.75) is 25.3 Å². The van der Waals surface area contributed by atoms with Gasteiger partial charge in [-0.25, -0.2) is 0 Å². The number of ether oxygens (including phenoxy) is 1. The number of carbonyl (C=O) groups excluding carboxylic acids is 1. The Balaban J connectivity index is 1.88. The highest BCUT2D eigenvalue weighted by molar-refractivity contribution is 6.36. The Labute approximate surface area is 158 Å². The van der Waals surface area contributed by atoms with Crippen LogP contribution in [0.5, 0.6) is 5.75 Å². The van der Waals surface area contributed by atoms with Crippen molar-refractivity contribution in [3.8, 4) is 5.75 Å². The molecule has 0 aromatic heterocycles. The number of hydrogen-bond acceptors (Lipinski definition) is 4. The largest absolute Gasteiger partial charge is 0.494 e. The maximum absolute atomic E-state index is 13.1. The van der Waals surface area contributed by atoms with E-state index in [4.69, 9.17) is 27.9 Å². The number of hydrogen-bond donors (Lipinski definition) is 1. The number of nitrogens with zero attached hydrogens (tertiary/aromatic N) is 2. The first-order valence-electron chi connectivity index (χ1n) is 8.55. The molecule has 138 valence electrons. The van der Waals surface area contributed by atoms with E-state index in [9.17, 15) is 9.90 Å². The molecule has 0 bridgehead atoms. The Bertz CT molecular complexity index is 670. The van der Waals surface area contributed by atoms with Crippen molar-refractivity contribution in [3.05, 3.63) is 27.7 Å².